The number of aryl methyl sites for hydroxylation is 1. The van der Waals surface area contributed by atoms with Crippen molar-refractivity contribution in [3.63, 3.8) is 0 Å². The first-order valence-electron chi connectivity index (χ1n) is 9.76. The van der Waals surface area contributed by atoms with Crippen LogP contribution in [0.15, 0.2) is 59.5 Å². The highest BCUT2D eigenvalue weighted by Gasteiger charge is 2.21. The molecular formula is C22H25FN4O3S. The maximum absolute atomic E-state index is 13.4. The van der Waals surface area contributed by atoms with Gasteiger partial charge in [-0.1, -0.05) is 24.3 Å². The molecule has 0 fully saturated rings. The number of hydrogen-bond donors (Lipinski definition) is 3. The van der Waals surface area contributed by atoms with E-state index >= 15 is 0 Å². The summed E-state index contributed by atoms with van der Waals surface area (Å²) in [7, 11) is -3.59. The molecule has 0 aliphatic heterocycles. The lowest BCUT2D eigenvalue weighted by Crippen LogP contribution is -2.40. The van der Waals surface area contributed by atoms with E-state index in [-0.39, 0.29) is 23.0 Å². The molecule has 3 rings (SSSR count). The van der Waals surface area contributed by atoms with Crippen molar-refractivity contribution in [3.8, 4) is 11.3 Å². The van der Waals surface area contributed by atoms with Crippen LogP contribution in [0.3, 0.4) is 0 Å². The number of hydrogen-bond acceptors (Lipinski definition) is 4. The fourth-order valence-corrected chi connectivity index (χ4v) is 4.37. The Balaban J connectivity index is 1.55. The molecule has 7 nitrogen and oxygen atoms in total. The molecule has 3 N–H and O–H groups in total. The number of aromatic amines is 1. The second kappa shape index (κ2) is 8.99. The lowest BCUT2D eigenvalue weighted by atomic mass is 10.1. The summed E-state index contributed by atoms with van der Waals surface area (Å²) < 4.78 is 40.6. The molecule has 3 aromatic rings. The molecule has 1 aromatic heterocycles. The van der Waals surface area contributed by atoms with Crippen LogP contribution in [0, 0.1) is 5.82 Å². The molecule has 0 bridgehead atoms. The van der Waals surface area contributed by atoms with Gasteiger partial charge in [-0.2, -0.15) is 5.10 Å². The molecule has 2 aromatic carbocycles. The molecule has 1 heterocycles. The summed E-state index contributed by atoms with van der Waals surface area (Å²) in [5.41, 5.74) is 1.49. The lowest BCUT2D eigenvalue weighted by Gasteiger charge is -2.20. The monoisotopic (exact) mass is 444 g/mol. The number of nitrogens with zero attached hydrogens (tertiary/aromatic N) is 1. The van der Waals surface area contributed by atoms with Crippen LogP contribution in [0.5, 0.6) is 0 Å². The number of nitrogens with one attached hydrogen (secondary N) is 3. The first-order valence-corrected chi connectivity index (χ1v) is 11.2. The standard InChI is InChI=1S/C22H25FN4O3S/c1-22(2,3)27-31(29,30)18-10-7-15(8-11-18)9-12-21(28)24-20-14-19(25-26-20)16-5-4-6-17(23)13-16/h4-8,10-11,13-14,27H,9,12H2,1-3H3,(H2,24,25,26,28). The molecular weight excluding hydrogens is 419 g/mol. The summed E-state index contributed by atoms with van der Waals surface area (Å²) >= 11 is 0. The van der Waals surface area contributed by atoms with Gasteiger partial charge < -0.3 is 5.32 Å². The van der Waals surface area contributed by atoms with E-state index in [0.29, 0.717) is 23.5 Å². The third-order valence-corrected chi connectivity index (χ3v) is 6.07. The van der Waals surface area contributed by atoms with Gasteiger partial charge in [-0.3, -0.25) is 9.89 Å². The average Bonchev–Trinajstić information content (AvgIpc) is 3.13. The van der Waals surface area contributed by atoms with Crippen molar-refractivity contribution in [1.29, 1.82) is 0 Å². The third-order valence-electron chi connectivity index (χ3n) is 4.30. The topological polar surface area (TPSA) is 104 Å². The molecule has 164 valence electrons. The third kappa shape index (κ3) is 6.47. The highest BCUT2D eigenvalue weighted by molar-refractivity contribution is 7.89. The Kier molecular flexibility index (Phi) is 6.56. The van der Waals surface area contributed by atoms with Gasteiger partial charge in [0.05, 0.1) is 10.6 Å². The highest BCUT2D eigenvalue weighted by Crippen LogP contribution is 2.21. The van der Waals surface area contributed by atoms with E-state index in [0.717, 1.165) is 5.56 Å². The van der Waals surface area contributed by atoms with Gasteiger partial charge in [-0.15, -0.1) is 0 Å². The lowest BCUT2D eigenvalue weighted by molar-refractivity contribution is -0.116. The van der Waals surface area contributed by atoms with E-state index in [1.165, 1.54) is 24.3 Å². The minimum atomic E-state index is -3.59. The van der Waals surface area contributed by atoms with Crippen LogP contribution < -0.4 is 10.0 Å². The normalized spacial score (nSPS) is 12.0. The molecule has 1 amide bonds. The van der Waals surface area contributed by atoms with Crippen LogP contribution in [0.25, 0.3) is 11.3 Å². The second-order valence-corrected chi connectivity index (χ2v) is 9.91. The van der Waals surface area contributed by atoms with Crippen molar-refractivity contribution in [2.75, 3.05) is 5.32 Å². The average molecular weight is 445 g/mol. The van der Waals surface area contributed by atoms with Crippen molar-refractivity contribution in [3.05, 3.63) is 66.0 Å². The van der Waals surface area contributed by atoms with E-state index in [4.69, 9.17) is 0 Å². The molecule has 0 spiro atoms. The predicted molar refractivity (Wildman–Crippen MR) is 117 cm³/mol. The van der Waals surface area contributed by atoms with Gasteiger partial charge in [-0.25, -0.2) is 17.5 Å². The number of aromatic nitrogens is 2. The van der Waals surface area contributed by atoms with Gasteiger partial charge in [0, 0.05) is 23.6 Å². The minimum absolute atomic E-state index is 0.178. The second-order valence-electron chi connectivity index (χ2n) is 8.22. The Morgan fingerprint density at radius 3 is 2.45 bits per heavy atom. The van der Waals surface area contributed by atoms with Crippen molar-refractivity contribution < 1.29 is 17.6 Å². The van der Waals surface area contributed by atoms with E-state index in [9.17, 15) is 17.6 Å². The summed E-state index contributed by atoms with van der Waals surface area (Å²) in [4.78, 5) is 12.4. The number of halogens is 1. The van der Waals surface area contributed by atoms with Crippen LogP contribution in [0.2, 0.25) is 0 Å². The predicted octanol–water partition coefficient (Wildman–Crippen LogP) is 3.86. The first-order chi connectivity index (χ1) is 14.5. The van der Waals surface area contributed by atoms with Crippen LogP contribution in [0.1, 0.15) is 32.8 Å². The van der Waals surface area contributed by atoms with E-state index in [2.05, 4.69) is 20.2 Å². The molecule has 9 heteroatoms. The Hall–Kier alpha value is -3.04. The fourth-order valence-electron chi connectivity index (χ4n) is 2.95. The van der Waals surface area contributed by atoms with Gasteiger partial charge in [0.1, 0.15) is 5.82 Å². The molecule has 0 aliphatic rings. The van der Waals surface area contributed by atoms with Crippen molar-refractivity contribution in [1.82, 2.24) is 14.9 Å². The summed E-state index contributed by atoms with van der Waals surface area (Å²) in [6.45, 7) is 5.33. The first kappa shape index (κ1) is 22.6. The minimum Gasteiger partial charge on any atom is -0.309 e. The smallest absolute Gasteiger partial charge is 0.241 e. The quantitative estimate of drug-likeness (QED) is 0.515. The highest BCUT2D eigenvalue weighted by atomic mass is 32.2. The Labute approximate surface area is 181 Å². The molecule has 31 heavy (non-hydrogen) atoms. The van der Waals surface area contributed by atoms with Crippen LogP contribution in [-0.4, -0.2) is 30.1 Å². The molecule has 0 saturated heterocycles. The van der Waals surface area contributed by atoms with Gasteiger partial charge in [0.2, 0.25) is 15.9 Å². The maximum Gasteiger partial charge on any atom is 0.241 e. The molecule has 0 radical (unpaired) electrons. The molecule has 0 unspecified atom stereocenters. The Morgan fingerprint density at radius 2 is 1.81 bits per heavy atom. The SMILES string of the molecule is CC(C)(C)NS(=O)(=O)c1ccc(CCC(=O)Nc2cc(-c3cccc(F)c3)[nH]n2)cc1. The van der Waals surface area contributed by atoms with E-state index in [1.54, 1.807) is 51.1 Å². The number of sulfonamides is 1. The summed E-state index contributed by atoms with van der Waals surface area (Å²) in [6, 6.07) is 14.1. The van der Waals surface area contributed by atoms with Crippen molar-refractivity contribution in [2.45, 2.75) is 44.0 Å². The number of carbonyl (C=O) groups excluding carboxylic acids is 1. The van der Waals surface area contributed by atoms with Crippen LogP contribution in [0.4, 0.5) is 10.2 Å². The summed E-state index contributed by atoms with van der Waals surface area (Å²) in [6.07, 6.45) is 0.647. The largest absolute Gasteiger partial charge is 0.309 e. The van der Waals surface area contributed by atoms with Crippen molar-refractivity contribution in [2.24, 2.45) is 0 Å². The number of benzene rings is 2. The number of rotatable bonds is 7. The number of carbonyl (C=O) groups is 1. The summed E-state index contributed by atoms with van der Waals surface area (Å²) in [5.74, 6) is -0.243. The van der Waals surface area contributed by atoms with Gasteiger partial charge in [-0.05, 0) is 57.0 Å². The zero-order chi connectivity index (χ0) is 22.6. The van der Waals surface area contributed by atoms with Crippen LogP contribution >= 0.6 is 0 Å². The summed E-state index contributed by atoms with van der Waals surface area (Å²) in [5, 5.41) is 9.50. The maximum atomic E-state index is 13.4. The molecule has 0 atom stereocenters. The molecule has 0 saturated carbocycles. The van der Waals surface area contributed by atoms with E-state index in [1.807, 2.05) is 0 Å². The Bertz CT molecular complexity index is 1170. The fraction of sp³-hybridized carbons (Fsp3) is 0.273. The molecule has 0 aliphatic carbocycles. The number of anilines is 1. The van der Waals surface area contributed by atoms with Gasteiger partial charge >= 0.3 is 0 Å². The van der Waals surface area contributed by atoms with Crippen molar-refractivity contribution >= 4 is 21.7 Å². The van der Waals surface area contributed by atoms with Gasteiger partial charge in [0.15, 0.2) is 5.82 Å². The zero-order valence-corrected chi connectivity index (χ0v) is 18.4. The number of H-pyrrole nitrogens is 1. The number of amides is 1. The van der Waals surface area contributed by atoms with Crippen LogP contribution in [-0.2, 0) is 21.2 Å². The zero-order valence-electron chi connectivity index (χ0n) is 17.6. The van der Waals surface area contributed by atoms with E-state index < -0.39 is 15.6 Å². The van der Waals surface area contributed by atoms with Gasteiger partial charge in [0.25, 0.3) is 0 Å². The Morgan fingerprint density at radius 1 is 1.10 bits per heavy atom.